The Balaban J connectivity index is 2.10. The number of nitrogens with one attached hydrogen (secondary N) is 1. The van der Waals surface area contributed by atoms with Crippen LogP contribution in [0.4, 0.5) is 0 Å². The van der Waals surface area contributed by atoms with E-state index in [-0.39, 0.29) is 0 Å². The van der Waals surface area contributed by atoms with E-state index in [0.29, 0.717) is 37.7 Å². The van der Waals surface area contributed by atoms with E-state index in [4.69, 9.17) is 22.8 Å². The van der Waals surface area contributed by atoms with Gasteiger partial charge in [-0.1, -0.05) is 23.7 Å². The summed E-state index contributed by atoms with van der Waals surface area (Å²) in [7, 11) is 0. The van der Waals surface area contributed by atoms with Gasteiger partial charge in [0.2, 0.25) is 0 Å². The molecule has 0 spiro atoms. The first-order valence-electron chi connectivity index (χ1n) is 5.87. The van der Waals surface area contributed by atoms with Gasteiger partial charge < -0.3 is 15.2 Å². The second kappa shape index (κ2) is 8.96. The largest absolute Gasteiger partial charge is 0.389 e. The van der Waals surface area contributed by atoms with Crippen LogP contribution in [0.1, 0.15) is 12.0 Å². The number of halogens is 1. The van der Waals surface area contributed by atoms with Crippen molar-refractivity contribution in [2.75, 3.05) is 19.7 Å². The van der Waals surface area contributed by atoms with E-state index in [1.54, 1.807) is 0 Å². The van der Waals surface area contributed by atoms with Crippen LogP contribution < -0.4 is 5.32 Å². The SMILES string of the molecule is C#CCCNCC(O)COCc1ccc(Cl)cc1. The number of terminal acetylenes is 1. The molecule has 1 aromatic rings. The van der Waals surface area contributed by atoms with Crippen molar-refractivity contribution in [1.82, 2.24) is 5.32 Å². The van der Waals surface area contributed by atoms with Gasteiger partial charge in [0, 0.05) is 24.5 Å². The third kappa shape index (κ3) is 6.63. The second-order valence-electron chi connectivity index (χ2n) is 3.95. The molecule has 0 fully saturated rings. The summed E-state index contributed by atoms with van der Waals surface area (Å²) in [6.07, 6.45) is 5.26. The van der Waals surface area contributed by atoms with Crippen molar-refractivity contribution in [1.29, 1.82) is 0 Å². The first kappa shape index (κ1) is 15.0. The zero-order valence-electron chi connectivity index (χ0n) is 10.2. The van der Waals surface area contributed by atoms with E-state index in [9.17, 15) is 5.11 Å². The van der Waals surface area contributed by atoms with Gasteiger partial charge in [-0.3, -0.25) is 0 Å². The summed E-state index contributed by atoms with van der Waals surface area (Å²) in [6.45, 7) is 1.97. The maximum absolute atomic E-state index is 9.61. The third-order valence-electron chi connectivity index (χ3n) is 2.32. The van der Waals surface area contributed by atoms with Crippen LogP contribution in [-0.2, 0) is 11.3 Å². The van der Waals surface area contributed by atoms with Gasteiger partial charge >= 0.3 is 0 Å². The molecule has 0 aliphatic heterocycles. The van der Waals surface area contributed by atoms with Crippen molar-refractivity contribution in [2.45, 2.75) is 19.1 Å². The molecule has 0 aliphatic carbocycles. The van der Waals surface area contributed by atoms with E-state index < -0.39 is 6.10 Å². The molecular weight excluding hydrogens is 250 g/mol. The number of hydrogen-bond acceptors (Lipinski definition) is 3. The molecule has 0 amide bonds. The summed E-state index contributed by atoms with van der Waals surface area (Å²) in [6, 6.07) is 7.44. The van der Waals surface area contributed by atoms with Crippen LogP contribution in [0.2, 0.25) is 5.02 Å². The third-order valence-corrected chi connectivity index (χ3v) is 2.57. The van der Waals surface area contributed by atoms with E-state index in [2.05, 4.69) is 11.2 Å². The van der Waals surface area contributed by atoms with Crippen LogP contribution in [0.15, 0.2) is 24.3 Å². The predicted octanol–water partition coefficient (Wildman–Crippen LogP) is 1.83. The molecule has 0 heterocycles. The van der Waals surface area contributed by atoms with Crippen molar-refractivity contribution in [3.8, 4) is 12.3 Å². The molecule has 1 rings (SSSR count). The fourth-order valence-corrected chi connectivity index (χ4v) is 1.51. The minimum atomic E-state index is -0.518. The lowest BCUT2D eigenvalue weighted by Gasteiger charge is -2.11. The highest BCUT2D eigenvalue weighted by Gasteiger charge is 2.03. The van der Waals surface area contributed by atoms with Crippen molar-refractivity contribution >= 4 is 11.6 Å². The lowest BCUT2D eigenvalue weighted by atomic mass is 10.2. The van der Waals surface area contributed by atoms with Crippen LogP contribution in [0.5, 0.6) is 0 Å². The fourth-order valence-electron chi connectivity index (χ4n) is 1.38. The summed E-state index contributed by atoms with van der Waals surface area (Å²) in [4.78, 5) is 0. The lowest BCUT2D eigenvalue weighted by Crippen LogP contribution is -2.30. The van der Waals surface area contributed by atoms with E-state index in [1.807, 2.05) is 24.3 Å². The molecule has 0 aromatic heterocycles. The smallest absolute Gasteiger partial charge is 0.0897 e. The number of aliphatic hydroxyl groups excluding tert-OH is 1. The molecule has 0 bridgehead atoms. The van der Waals surface area contributed by atoms with E-state index >= 15 is 0 Å². The molecule has 4 heteroatoms. The minimum Gasteiger partial charge on any atom is -0.389 e. The quantitative estimate of drug-likeness (QED) is 0.558. The van der Waals surface area contributed by atoms with E-state index in [0.717, 1.165) is 5.56 Å². The maximum Gasteiger partial charge on any atom is 0.0897 e. The summed E-state index contributed by atoms with van der Waals surface area (Å²) in [5.74, 6) is 2.52. The van der Waals surface area contributed by atoms with Crippen molar-refractivity contribution in [3.05, 3.63) is 34.9 Å². The number of rotatable bonds is 8. The first-order chi connectivity index (χ1) is 8.72. The zero-order chi connectivity index (χ0) is 13.2. The number of hydrogen-bond donors (Lipinski definition) is 2. The Morgan fingerprint density at radius 3 is 2.78 bits per heavy atom. The Hall–Kier alpha value is -1.05. The summed E-state index contributed by atoms with van der Waals surface area (Å²) < 4.78 is 5.40. The highest BCUT2D eigenvalue weighted by Crippen LogP contribution is 2.10. The molecular formula is C14H18ClNO2. The summed E-state index contributed by atoms with van der Waals surface area (Å²) >= 11 is 5.78. The van der Waals surface area contributed by atoms with Crippen LogP contribution in [0, 0.1) is 12.3 Å². The monoisotopic (exact) mass is 267 g/mol. The second-order valence-corrected chi connectivity index (χ2v) is 4.39. The molecule has 0 saturated carbocycles. The summed E-state index contributed by atoms with van der Waals surface area (Å²) in [5, 5.41) is 13.4. The Kier molecular flexibility index (Phi) is 7.47. The van der Waals surface area contributed by atoms with Crippen LogP contribution in [0.3, 0.4) is 0 Å². The molecule has 1 aromatic carbocycles. The predicted molar refractivity (Wildman–Crippen MR) is 73.4 cm³/mol. The molecule has 18 heavy (non-hydrogen) atoms. The molecule has 0 saturated heterocycles. The van der Waals surface area contributed by atoms with Gasteiger partial charge in [-0.2, -0.15) is 0 Å². The number of aliphatic hydroxyl groups is 1. The Labute approximate surface area is 113 Å². The van der Waals surface area contributed by atoms with Gasteiger partial charge in [-0.05, 0) is 17.7 Å². The van der Waals surface area contributed by atoms with Gasteiger partial charge in [-0.15, -0.1) is 12.3 Å². The molecule has 2 N–H and O–H groups in total. The number of benzene rings is 1. The van der Waals surface area contributed by atoms with Gasteiger partial charge in [0.15, 0.2) is 0 Å². The Bertz CT molecular complexity index is 372. The zero-order valence-corrected chi connectivity index (χ0v) is 11.0. The molecule has 3 nitrogen and oxygen atoms in total. The average molecular weight is 268 g/mol. The minimum absolute atomic E-state index is 0.297. The highest BCUT2D eigenvalue weighted by molar-refractivity contribution is 6.30. The molecule has 0 radical (unpaired) electrons. The van der Waals surface area contributed by atoms with Gasteiger partial charge in [0.1, 0.15) is 0 Å². The van der Waals surface area contributed by atoms with Crippen molar-refractivity contribution < 1.29 is 9.84 Å². The van der Waals surface area contributed by atoms with Crippen LogP contribution in [-0.4, -0.2) is 30.9 Å². The summed E-state index contributed by atoms with van der Waals surface area (Å²) in [5.41, 5.74) is 1.03. The van der Waals surface area contributed by atoms with Crippen molar-refractivity contribution in [3.63, 3.8) is 0 Å². The van der Waals surface area contributed by atoms with Gasteiger partial charge in [0.05, 0.1) is 19.3 Å². The Morgan fingerprint density at radius 1 is 1.39 bits per heavy atom. The van der Waals surface area contributed by atoms with Crippen LogP contribution in [0.25, 0.3) is 0 Å². The molecule has 1 unspecified atom stereocenters. The molecule has 1 atom stereocenters. The van der Waals surface area contributed by atoms with Crippen LogP contribution >= 0.6 is 11.6 Å². The average Bonchev–Trinajstić information content (AvgIpc) is 2.37. The highest BCUT2D eigenvalue weighted by atomic mass is 35.5. The van der Waals surface area contributed by atoms with Crippen molar-refractivity contribution in [2.24, 2.45) is 0 Å². The molecule has 0 aliphatic rings. The molecule has 98 valence electrons. The maximum atomic E-state index is 9.61. The van der Waals surface area contributed by atoms with Gasteiger partial charge in [0.25, 0.3) is 0 Å². The van der Waals surface area contributed by atoms with E-state index in [1.165, 1.54) is 0 Å². The topological polar surface area (TPSA) is 41.5 Å². The van der Waals surface area contributed by atoms with Gasteiger partial charge in [-0.25, -0.2) is 0 Å². The first-order valence-corrected chi connectivity index (χ1v) is 6.24. The normalized spacial score (nSPS) is 12.1. The standard InChI is InChI=1S/C14H18ClNO2/c1-2-3-8-16-9-14(17)11-18-10-12-4-6-13(15)7-5-12/h1,4-7,14,16-17H,3,8-11H2. The Morgan fingerprint density at radius 2 is 2.11 bits per heavy atom. The lowest BCUT2D eigenvalue weighted by molar-refractivity contribution is 0.0290. The number of ether oxygens (including phenoxy) is 1. The fraction of sp³-hybridized carbons (Fsp3) is 0.429.